The van der Waals surface area contributed by atoms with Crippen molar-refractivity contribution in [2.45, 2.75) is 32.4 Å². The maximum Gasteiger partial charge on any atom is 0.251 e. The molecule has 1 aromatic carbocycles. The standard InChI is InChI=1S/C21H25N5O2S/c1-14-7-6-8-16(13-14)20(27)23-17(10-12-29-3)21(28)22-15(2)19-25-24-18-9-4-5-11-26(18)19/h4-9,11,13,15,17H,10,12H2,1-3H3,(H,22,28)(H,23,27). The molecule has 0 spiro atoms. The number of nitrogens with one attached hydrogen (secondary N) is 2. The fraction of sp³-hybridized carbons (Fsp3) is 0.333. The lowest BCUT2D eigenvalue weighted by molar-refractivity contribution is -0.123. The van der Waals surface area contributed by atoms with Crippen LogP contribution in [0.5, 0.6) is 0 Å². The van der Waals surface area contributed by atoms with Crippen molar-refractivity contribution in [3.8, 4) is 0 Å². The summed E-state index contributed by atoms with van der Waals surface area (Å²) in [6, 6.07) is 12.0. The molecule has 29 heavy (non-hydrogen) atoms. The van der Waals surface area contributed by atoms with Crippen LogP contribution in [0.25, 0.3) is 5.65 Å². The third-order valence-electron chi connectivity index (χ3n) is 4.60. The van der Waals surface area contributed by atoms with Crippen molar-refractivity contribution in [3.63, 3.8) is 0 Å². The van der Waals surface area contributed by atoms with Gasteiger partial charge in [0.1, 0.15) is 6.04 Å². The van der Waals surface area contributed by atoms with Gasteiger partial charge in [-0.05, 0) is 56.5 Å². The normalized spacial score (nSPS) is 13.1. The largest absolute Gasteiger partial charge is 0.345 e. The Kier molecular flexibility index (Phi) is 6.87. The van der Waals surface area contributed by atoms with Crippen LogP contribution in [0.1, 0.15) is 41.1 Å². The van der Waals surface area contributed by atoms with E-state index in [4.69, 9.17) is 0 Å². The highest BCUT2D eigenvalue weighted by Crippen LogP contribution is 2.13. The van der Waals surface area contributed by atoms with Crippen LogP contribution in [0, 0.1) is 6.92 Å². The second-order valence-electron chi connectivity index (χ2n) is 6.89. The number of aromatic nitrogens is 3. The van der Waals surface area contributed by atoms with Gasteiger partial charge < -0.3 is 10.6 Å². The van der Waals surface area contributed by atoms with Crippen molar-refractivity contribution < 1.29 is 9.59 Å². The van der Waals surface area contributed by atoms with Crippen molar-refractivity contribution in [2.24, 2.45) is 0 Å². The quantitative estimate of drug-likeness (QED) is 0.595. The minimum atomic E-state index is -0.628. The van der Waals surface area contributed by atoms with Gasteiger partial charge in [0.25, 0.3) is 5.91 Å². The lowest BCUT2D eigenvalue weighted by Crippen LogP contribution is -2.47. The number of carbonyl (C=O) groups excluding carboxylic acids is 2. The van der Waals surface area contributed by atoms with Crippen LogP contribution >= 0.6 is 11.8 Å². The Bertz CT molecular complexity index is 1000. The molecule has 0 saturated carbocycles. The average Bonchev–Trinajstić information content (AvgIpc) is 3.15. The molecule has 8 heteroatoms. The fourth-order valence-electron chi connectivity index (χ4n) is 3.07. The molecule has 152 valence electrons. The summed E-state index contributed by atoms with van der Waals surface area (Å²) in [7, 11) is 0. The van der Waals surface area contributed by atoms with E-state index in [9.17, 15) is 9.59 Å². The second-order valence-corrected chi connectivity index (χ2v) is 7.88. The van der Waals surface area contributed by atoms with Gasteiger partial charge in [-0.1, -0.05) is 23.8 Å². The molecule has 2 N–H and O–H groups in total. The Morgan fingerprint density at radius 3 is 2.72 bits per heavy atom. The van der Waals surface area contributed by atoms with Crippen molar-refractivity contribution in [1.82, 2.24) is 25.2 Å². The molecule has 2 heterocycles. The Morgan fingerprint density at radius 2 is 1.97 bits per heavy atom. The van der Waals surface area contributed by atoms with E-state index in [0.29, 0.717) is 17.8 Å². The van der Waals surface area contributed by atoms with Crippen LogP contribution in [-0.4, -0.2) is 44.5 Å². The van der Waals surface area contributed by atoms with Crippen LogP contribution < -0.4 is 10.6 Å². The summed E-state index contributed by atoms with van der Waals surface area (Å²) in [4.78, 5) is 25.6. The summed E-state index contributed by atoms with van der Waals surface area (Å²) in [5, 5.41) is 14.2. The lowest BCUT2D eigenvalue weighted by Gasteiger charge is -2.21. The highest BCUT2D eigenvalue weighted by molar-refractivity contribution is 7.98. The van der Waals surface area contributed by atoms with E-state index in [2.05, 4.69) is 20.8 Å². The summed E-state index contributed by atoms with van der Waals surface area (Å²) in [5.74, 6) is 0.910. The molecule has 0 aliphatic carbocycles. The first kappa shape index (κ1) is 20.9. The van der Waals surface area contributed by atoms with Crippen LogP contribution in [0.15, 0.2) is 48.7 Å². The third kappa shape index (κ3) is 5.14. The summed E-state index contributed by atoms with van der Waals surface area (Å²) in [5.41, 5.74) is 2.26. The average molecular weight is 412 g/mol. The minimum Gasteiger partial charge on any atom is -0.345 e. The van der Waals surface area contributed by atoms with Gasteiger partial charge in [-0.15, -0.1) is 10.2 Å². The van der Waals surface area contributed by atoms with Gasteiger partial charge in [-0.2, -0.15) is 11.8 Å². The first-order chi connectivity index (χ1) is 14.0. The monoisotopic (exact) mass is 411 g/mol. The number of carbonyl (C=O) groups is 2. The first-order valence-electron chi connectivity index (χ1n) is 9.46. The number of fused-ring (bicyclic) bond motifs is 1. The summed E-state index contributed by atoms with van der Waals surface area (Å²) in [6.07, 6.45) is 4.37. The Morgan fingerprint density at radius 1 is 1.14 bits per heavy atom. The number of amides is 2. The number of benzene rings is 1. The van der Waals surface area contributed by atoms with Gasteiger partial charge in [-0.25, -0.2) is 0 Å². The Labute approximate surface area is 174 Å². The summed E-state index contributed by atoms with van der Waals surface area (Å²) < 4.78 is 1.84. The van der Waals surface area contributed by atoms with E-state index in [1.165, 1.54) is 0 Å². The van der Waals surface area contributed by atoms with Crippen molar-refractivity contribution in [3.05, 3.63) is 65.6 Å². The molecule has 0 aliphatic heterocycles. The fourth-order valence-corrected chi connectivity index (χ4v) is 3.54. The van der Waals surface area contributed by atoms with E-state index < -0.39 is 6.04 Å². The molecule has 0 radical (unpaired) electrons. The minimum absolute atomic E-state index is 0.236. The van der Waals surface area contributed by atoms with Gasteiger partial charge in [-0.3, -0.25) is 14.0 Å². The smallest absolute Gasteiger partial charge is 0.251 e. The molecule has 3 aromatic rings. The van der Waals surface area contributed by atoms with E-state index in [1.54, 1.807) is 17.8 Å². The molecule has 3 rings (SSSR count). The zero-order chi connectivity index (χ0) is 20.8. The maximum absolute atomic E-state index is 12.9. The zero-order valence-electron chi connectivity index (χ0n) is 16.8. The van der Waals surface area contributed by atoms with Crippen molar-refractivity contribution in [1.29, 1.82) is 0 Å². The zero-order valence-corrected chi connectivity index (χ0v) is 17.6. The van der Waals surface area contributed by atoms with Crippen LogP contribution in [0.4, 0.5) is 0 Å². The van der Waals surface area contributed by atoms with Gasteiger partial charge in [0.05, 0.1) is 6.04 Å². The molecule has 2 amide bonds. The Hall–Kier alpha value is -2.87. The third-order valence-corrected chi connectivity index (χ3v) is 5.24. The first-order valence-corrected chi connectivity index (χ1v) is 10.9. The summed E-state index contributed by atoms with van der Waals surface area (Å²) >= 11 is 1.63. The topological polar surface area (TPSA) is 88.4 Å². The molecule has 0 fully saturated rings. The molecule has 7 nitrogen and oxygen atoms in total. The lowest BCUT2D eigenvalue weighted by atomic mass is 10.1. The van der Waals surface area contributed by atoms with Crippen LogP contribution in [-0.2, 0) is 4.79 Å². The maximum atomic E-state index is 12.9. The number of nitrogens with zero attached hydrogens (tertiary/aromatic N) is 3. The molecule has 0 saturated heterocycles. The van der Waals surface area contributed by atoms with Gasteiger partial charge in [0.2, 0.25) is 5.91 Å². The predicted octanol–water partition coefficient (Wildman–Crippen LogP) is 2.77. The molecule has 0 bridgehead atoms. The number of pyridine rings is 1. The van der Waals surface area contributed by atoms with Crippen molar-refractivity contribution in [2.75, 3.05) is 12.0 Å². The van der Waals surface area contributed by atoms with Crippen LogP contribution in [0.2, 0.25) is 0 Å². The SMILES string of the molecule is CSCCC(NC(=O)c1cccc(C)c1)C(=O)NC(C)c1nnc2ccccn12. The van der Waals surface area contributed by atoms with Gasteiger partial charge in [0, 0.05) is 11.8 Å². The van der Waals surface area contributed by atoms with E-state index in [1.807, 2.05) is 67.1 Å². The predicted molar refractivity (Wildman–Crippen MR) is 115 cm³/mol. The highest BCUT2D eigenvalue weighted by Gasteiger charge is 2.24. The van der Waals surface area contributed by atoms with Crippen molar-refractivity contribution >= 4 is 29.2 Å². The molecule has 2 unspecified atom stereocenters. The van der Waals surface area contributed by atoms with E-state index in [-0.39, 0.29) is 17.9 Å². The molecular weight excluding hydrogens is 386 g/mol. The molecule has 2 atom stereocenters. The molecular formula is C21H25N5O2S. The number of hydrogen-bond donors (Lipinski definition) is 2. The number of rotatable bonds is 8. The number of hydrogen-bond acceptors (Lipinski definition) is 5. The van der Waals surface area contributed by atoms with Crippen LogP contribution in [0.3, 0.4) is 0 Å². The molecule has 2 aromatic heterocycles. The number of thioether (sulfide) groups is 1. The summed E-state index contributed by atoms with van der Waals surface area (Å²) in [6.45, 7) is 3.79. The Balaban J connectivity index is 1.72. The highest BCUT2D eigenvalue weighted by atomic mass is 32.2. The van der Waals surface area contributed by atoms with Gasteiger partial charge in [0.15, 0.2) is 11.5 Å². The van der Waals surface area contributed by atoms with E-state index >= 15 is 0 Å². The molecule has 0 aliphatic rings. The second kappa shape index (κ2) is 9.56. The number of aryl methyl sites for hydroxylation is 1. The van der Waals surface area contributed by atoms with Gasteiger partial charge >= 0.3 is 0 Å². The van der Waals surface area contributed by atoms with E-state index in [0.717, 1.165) is 17.0 Å².